The zero-order valence-corrected chi connectivity index (χ0v) is 13.3. The van der Waals surface area contributed by atoms with Crippen molar-refractivity contribution in [3.8, 4) is 0 Å². The summed E-state index contributed by atoms with van der Waals surface area (Å²) in [6.45, 7) is 10.1. The molecule has 0 aromatic heterocycles. The number of ether oxygens (including phenoxy) is 2. The van der Waals surface area contributed by atoms with Gasteiger partial charge in [-0.05, 0) is 43.6 Å². The fraction of sp³-hybridized carbons (Fsp3) is 0.824. The van der Waals surface area contributed by atoms with Gasteiger partial charge in [-0.3, -0.25) is 4.79 Å². The third kappa shape index (κ3) is 3.70. The maximum absolute atomic E-state index is 11.2. The first-order valence-electron chi connectivity index (χ1n) is 7.78. The molecule has 20 heavy (non-hydrogen) atoms. The highest BCUT2D eigenvalue weighted by atomic mass is 16.7. The highest BCUT2D eigenvalue weighted by molar-refractivity contribution is 5.74. The van der Waals surface area contributed by atoms with E-state index < -0.39 is 5.79 Å². The molecule has 2 atom stereocenters. The Balaban J connectivity index is 1.92. The smallest absolute Gasteiger partial charge is 0.165 e. The molecule has 0 amide bonds. The molecule has 2 unspecified atom stereocenters. The van der Waals surface area contributed by atoms with Crippen LogP contribution >= 0.6 is 0 Å². The highest BCUT2D eigenvalue weighted by Gasteiger charge is 2.37. The van der Waals surface area contributed by atoms with E-state index in [1.165, 1.54) is 6.42 Å². The number of carbonyl (C=O) groups excluding carboxylic acids is 1. The normalized spacial score (nSPS) is 32.5. The van der Waals surface area contributed by atoms with Gasteiger partial charge in [-0.15, -0.1) is 0 Å². The first kappa shape index (κ1) is 15.7. The maximum Gasteiger partial charge on any atom is 0.165 e. The summed E-state index contributed by atoms with van der Waals surface area (Å²) in [7, 11) is 0. The number of aldehydes is 1. The van der Waals surface area contributed by atoms with Crippen molar-refractivity contribution < 1.29 is 14.3 Å². The molecule has 2 aliphatic rings. The van der Waals surface area contributed by atoms with Crippen molar-refractivity contribution in [1.29, 1.82) is 0 Å². The van der Waals surface area contributed by atoms with Gasteiger partial charge in [0, 0.05) is 11.8 Å². The Morgan fingerprint density at radius 1 is 1.30 bits per heavy atom. The fourth-order valence-electron chi connectivity index (χ4n) is 3.12. The lowest BCUT2D eigenvalue weighted by atomic mass is 9.77. The van der Waals surface area contributed by atoms with Gasteiger partial charge in [0.15, 0.2) is 5.79 Å². The van der Waals surface area contributed by atoms with Crippen LogP contribution < -0.4 is 0 Å². The van der Waals surface area contributed by atoms with E-state index in [0.29, 0.717) is 11.8 Å². The van der Waals surface area contributed by atoms with Gasteiger partial charge < -0.3 is 9.47 Å². The second kappa shape index (κ2) is 5.98. The summed E-state index contributed by atoms with van der Waals surface area (Å²) in [5.74, 6) is 0.449. The summed E-state index contributed by atoms with van der Waals surface area (Å²) < 4.78 is 11.9. The molecule has 0 radical (unpaired) electrons. The zero-order chi connectivity index (χ0) is 14.8. The number of rotatable bonds is 4. The van der Waals surface area contributed by atoms with Gasteiger partial charge in [-0.1, -0.05) is 26.8 Å². The lowest BCUT2D eigenvalue weighted by Crippen LogP contribution is -2.45. The first-order valence-corrected chi connectivity index (χ1v) is 7.78. The van der Waals surface area contributed by atoms with Gasteiger partial charge in [0.1, 0.15) is 6.29 Å². The average molecular weight is 280 g/mol. The molecule has 1 aliphatic heterocycles. The van der Waals surface area contributed by atoms with Crippen LogP contribution in [0, 0.1) is 17.3 Å². The Hall–Kier alpha value is -0.670. The molecule has 114 valence electrons. The number of hydrogen-bond donors (Lipinski definition) is 0. The Morgan fingerprint density at radius 2 is 1.95 bits per heavy atom. The van der Waals surface area contributed by atoms with Crippen LogP contribution in [0.1, 0.15) is 53.4 Å². The minimum atomic E-state index is -0.485. The molecular weight excluding hydrogens is 252 g/mol. The molecule has 3 nitrogen and oxygen atoms in total. The second-order valence-corrected chi connectivity index (χ2v) is 7.40. The molecule has 0 aromatic rings. The Labute approximate surface area is 122 Å². The Kier molecular flexibility index (Phi) is 4.70. The van der Waals surface area contributed by atoms with Crippen molar-refractivity contribution in [1.82, 2.24) is 0 Å². The van der Waals surface area contributed by atoms with Crippen LogP contribution in [0.3, 0.4) is 0 Å². The van der Waals surface area contributed by atoms with Gasteiger partial charge in [-0.25, -0.2) is 0 Å². The molecule has 0 aromatic carbocycles. The summed E-state index contributed by atoms with van der Waals surface area (Å²) in [4.78, 5) is 11.2. The third-order valence-electron chi connectivity index (χ3n) is 4.70. The van der Waals surface area contributed by atoms with Gasteiger partial charge in [0.25, 0.3) is 0 Å². The van der Waals surface area contributed by atoms with E-state index in [0.717, 1.165) is 44.3 Å². The van der Waals surface area contributed by atoms with E-state index >= 15 is 0 Å². The lowest BCUT2D eigenvalue weighted by molar-refractivity contribution is -0.293. The van der Waals surface area contributed by atoms with Crippen LogP contribution in [-0.2, 0) is 14.3 Å². The number of carbonyl (C=O) groups is 1. The minimum absolute atomic E-state index is 0.103. The predicted octanol–water partition coefficient (Wildman–Crippen LogP) is 3.73. The molecule has 2 rings (SSSR count). The molecule has 0 spiro atoms. The van der Waals surface area contributed by atoms with Gasteiger partial charge in [0.2, 0.25) is 0 Å². The van der Waals surface area contributed by atoms with Crippen molar-refractivity contribution >= 4 is 6.29 Å². The SMILES string of the molecule is CC1CCC=C(C=O)C1CCC1(C)OCC(C)(C)CO1. The van der Waals surface area contributed by atoms with E-state index in [1.807, 2.05) is 6.92 Å². The molecule has 0 bridgehead atoms. The van der Waals surface area contributed by atoms with Crippen molar-refractivity contribution in [2.75, 3.05) is 13.2 Å². The van der Waals surface area contributed by atoms with Gasteiger partial charge in [-0.2, -0.15) is 0 Å². The van der Waals surface area contributed by atoms with Gasteiger partial charge >= 0.3 is 0 Å². The predicted molar refractivity (Wildman–Crippen MR) is 79.4 cm³/mol. The van der Waals surface area contributed by atoms with E-state index in [2.05, 4.69) is 26.8 Å². The standard InChI is InChI=1S/C17H28O3/c1-13-6-5-7-14(10-18)15(13)8-9-17(4)19-11-16(2,3)12-20-17/h7,10,13,15H,5-6,8-9,11-12H2,1-4H3. The van der Waals surface area contributed by atoms with Crippen LogP contribution in [0.25, 0.3) is 0 Å². The largest absolute Gasteiger partial charge is 0.350 e. The van der Waals surface area contributed by atoms with Crippen LogP contribution in [0.4, 0.5) is 0 Å². The third-order valence-corrected chi connectivity index (χ3v) is 4.70. The van der Waals surface area contributed by atoms with E-state index in [-0.39, 0.29) is 5.41 Å². The number of hydrogen-bond acceptors (Lipinski definition) is 3. The summed E-state index contributed by atoms with van der Waals surface area (Å²) in [5, 5.41) is 0. The number of allylic oxidation sites excluding steroid dienone is 2. The summed E-state index contributed by atoms with van der Waals surface area (Å²) in [5.41, 5.74) is 1.08. The quantitative estimate of drug-likeness (QED) is 0.736. The molecule has 1 saturated heterocycles. The molecule has 1 heterocycles. The lowest BCUT2D eigenvalue weighted by Gasteiger charge is -2.42. The molecule has 1 aliphatic carbocycles. The topological polar surface area (TPSA) is 35.5 Å². The van der Waals surface area contributed by atoms with Crippen LogP contribution in [-0.4, -0.2) is 25.3 Å². The Morgan fingerprint density at radius 3 is 2.55 bits per heavy atom. The molecule has 0 saturated carbocycles. The van der Waals surface area contributed by atoms with E-state index in [4.69, 9.17) is 9.47 Å². The van der Waals surface area contributed by atoms with E-state index in [1.54, 1.807) is 0 Å². The second-order valence-electron chi connectivity index (χ2n) is 7.40. The first-order chi connectivity index (χ1) is 9.35. The van der Waals surface area contributed by atoms with Crippen molar-refractivity contribution in [3.63, 3.8) is 0 Å². The van der Waals surface area contributed by atoms with Crippen molar-refractivity contribution in [2.45, 2.75) is 59.2 Å². The molecule has 1 fully saturated rings. The van der Waals surface area contributed by atoms with Crippen LogP contribution in [0.2, 0.25) is 0 Å². The summed E-state index contributed by atoms with van der Waals surface area (Å²) in [6.07, 6.45) is 7.16. The van der Waals surface area contributed by atoms with Gasteiger partial charge in [0.05, 0.1) is 13.2 Å². The molecule has 0 N–H and O–H groups in total. The molecular formula is C17H28O3. The van der Waals surface area contributed by atoms with E-state index in [9.17, 15) is 4.79 Å². The van der Waals surface area contributed by atoms with Crippen LogP contribution in [0.5, 0.6) is 0 Å². The van der Waals surface area contributed by atoms with Crippen LogP contribution in [0.15, 0.2) is 11.6 Å². The average Bonchev–Trinajstić information content (AvgIpc) is 2.41. The fourth-order valence-corrected chi connectivity index (χ4v) is 3.12. The molecule has 3 heteroatoms. The minimum Gasteiger partial charge on any atom is -0.350 e. The van der Waals surface area contributed by atoms with Crippen molar-refractivity contribution in [2.24, 2.45) is 17.3 Å². The summed E-state index contributed by atoms with van der Waals surface area (Å²) >= 11 is 0. The monoisotopic (exact) mass is 280 g/mol. The maximum atomic E-state index is 11.2. The Bertz CT molecular complexity index is 374. The van der Waals surface area contributed by atoms with Crippen molar-refractivity contribution in [3.05, 3.63) is 11.6 Å². The zero-order valence-electron chi connectivity index (χ0n) is 13.3. The highest BCUT2D eigenvalue weighted by Crippen LogP contribution is 2.37. The summed E-state index contributed by atoms with van der Waals surface area (Å²) in [6, 6.07) is 0.